The van der Waals surface area contributed by atoms with Gasteiger partial charge in [0.05, 0.1) is 0 Å². The Balaban J connectivity index is 3.54. The molecule has 0 saturated carbocycles. The molecule has 0 saturated heterocycles. The maximum atomic E-state index is 5.82. The summed E-state index contributed by atoms with van der Waals surface area (Å²) in [4.78, 5) is 0. The standard InChI is InChI=1S/C15H30N2/c1-4-14(17)11-9-7-5-6-8-10-12-15(2,3)13-16/h7-10,14H,4-6,11-13,16-17H2,1-3H3. The monoisotopic (exact) mass is 238 g/mol. The lowest BCUT2D eigenvalue weighted by Gasteiger charge is -2.19. The normalized spacial score (nSPS) is 14.9. The summed E-state index contributed by atoms with van der Waals surface area (Å²) in [5.74, 6) is 0. The number of unbranched alkanes of at least 4 members (excludes halogenated alkanes) is 1. The van der Waals surface area contributed by atoms with Crippen LogP contribution in [-0.4, -0.2) is 12.6 Å². The smallest absolute Gasteiger partial charge is 0.00707 e. The fraction of sp³-hybridized carbons (Fsp3) is 0.733. The van der Waals surface area contributed by atoms with Crippen molar-refractivity contribution in [1.29, 1.82) is 0 Å². The van der Waals surface area contributed by atoms with Crippen LogP contribution in [0.5, 0.6) is 0 Å². The molecule has 0 aliphatic rings. The van der Waals surface area contributed by atoms with Crippen LogP contribution < -0.4 is 11.5 Å². The minimum atomic E-state index is 0.236. The van der Waals surface area contributed by atoms with Gasteiger partial charge < -0.3 is 11.5 Å². The highest BCUT2D eigenvalue weighted by molar-refractivity contribution is 4.91. The maximum Gasteiger partial charge on any atom is 0.00707 e. The fourth-order valence-corrected chi connectivity index (χ4v) is 1.35. The molecule has 100 valence electrons. The summed E-state index contributed by atoms with van der Waals surface area (Å²) in [6.07, 6.45) is 14.3. The van der Waals surface area contributed by atoms with Crippen molar-refractivity contribution in [3.8, 4) is 0 Å². The topological polar surface area (TPSA) is 52.0 Å². The minimum absolute atomic E-state index is 0.236. The van der Waals surface area contributed by atoms with Crippen molar-refractivity contribution in [2.45, 2.75) is 58.9 Å². The number of allylic oxidation sites excluding steroid dienone is 3. The van der Waals surface area contributed by atoms with E-state index in [9.17, 15) is 0 Å². The van der Waals surface area contributed by atoms with Crippen LogP contribution >= 0.6 is 0 Å². The molecule has 2 nitrogen and oxygen atoms in total. The number of hydrogen-bond donors (Lipinski definition) is 2. The maximum absolute atomic E-state index is 5.82. The van der Waals surface area contributed by atoms with E-state index in [2.05, 4.69) is 45.1 Å². The molecule has 0 aromatic rings. The van der Waals surface area contributed by atoms with Gasteiger partial charge in [0.2, 0.25) is 0 Å². The third-order valence-corrected chi connectivity index (χ3v) is 3.02. The molecule has 0 fully saturated rings. The van der Waals surface area contributed by atoms with Gasteiger partial charge in [-0.2, -0.15) is 0 Å². The van der Waals surface area contributed by atoms with Crippen LogP contribution in [0.3, 0.4) is 0 Å². The molecular formula is C15H30N2. The second-order valence-corrected chi connectivity index (χ2v) is 5.50. The Morgan fingerprint density at radius 1 is 1.06 bits per heavy atom. The Kier molecular flexibility index (Phi) is 9.10. The molecule has 0 radical (unpaired) electrons. The highest BCUT2D eigenvalue weighted by atomic mass is 14.6. The molecule has 17 heavy (non-hydrogen) atoms. The number of hydrogen-bond acceptors (Lipinski definition) is 2. The molecule has 0 bridgehead atoms. The van der Waals surface area contributed by atoms with E-state index in [-0.39, 0.29) is 5.41 Å². The molecule has 0 aromatic heterocycles. The number of rotatable bonds is 9. The lowest BCUT2D eigenvalue weighted by atomic mass is 9.89. The molecule has 0 aromatic carbocycles. The van der Waals surface area contributed by atoms with E-state index in [1.165, 1.54) is 0 Å². The first-order valence-electron chi connectivity index (χ1n) is 6.77. The van der Waals surface area contributed by atoms with Crippen LogP contribution in [0.1, 0.15) is 52.9 Å². The molecule has 0 aliphatic heterocycles. The average Bonchev–Trinajstić information content (AvgIpc) is 2.32. The van der Waals surface area contributed by atoms with Crippen molar-refractivity contribution in [2.24, 2.45) is 16.9 Å². The van der Waals surface area contributed by atoms with E-state index in [4.69, 9.17) is 11.5 Å². The van der Waals surface area contributed by atoms with Gasteiger partial charge >= 0.3 is 0 Å². The highest BCUT2D eigenvalue weighted by Crippen LogP contribution is 2.18. The van der Waals surface area contributed by atoms with Crippen LogP contribution in [0.25, 0.3) is 0 Å². The van der Waals surface area contributed by atoms with Crippen molar-refractivity contribution in [3.05, 3.63) is 24.3 Å². The van der Waals surface area contributed by atoms with Gasteiger partial charge in [-0.05, 0) is 44.1 Å². The van der Waals surface area contributed by atoms with Crippen LogP contribution in [0.15, 0.2) is 24.3 Å². The lowest BCUT2D eigenvalue weighted by molar-refractivity contribution is 0.384. The summed E-state index contributed by atoms with van der Waals surface area (Å²) in [6.45, 7) is 7.26. The fourth-order valence-electron chi connectivity index (χ4n) is 1.35. The summed E-state index contributed by atoms with van der Waals surface area (Å²) in [5.41, 5.74) is 11.7. The van der Waals surface area contributed by atoms with Crippen molar-refractivity contribution in [1.82, 2.24) is 0 Å². The largest absolute Gasteiger partial charge is 0.330 e. The van der Waals surface area contributed by atoms with E-state index < -0.39 is 0 Å². The first kappa shape index (κ1) is 16.4. The second kappa shape index (κ2) is 9.43. The van der Waals surface area contributed by atoms with Gasteiger partial charge in [0.15, 0.2) is 0 Å². The van der Waals surface area contributed by atoms with Crippen LogP contribution in [0.2, 0.25) is 0 Å². The molecule has 0 rings (SSSR count). The molecule has 2 heteroatoms. The summed E-state index contributed by atoms with van der Waals surface area (Å²) in [6, 6.07) is 0.326. The van der Waals surface area contributed by atoms with Gasteiger partial charge in [0.1, 0.15) is 0 Å². The third-order valence-electron chi connectivity index (χ3n) is 3.02. The second-order valence-electron chi connectivity index (χ2n) is 5.50. The zero-order chi connectivity index (χ0) is 13.1. The number of nitrogens with two attached hydrogens (primary N) is 2. The predicted molar refractivity (Wildman–Crippen MR) is 77.8 cm³/mol. The molecule has 4 N–H and O–H groups in total. The third kappa shape index (κ3) is 10.3. The molecule has 0 spiro atoms. The summed E-state index contributed by atoms with van der Waals surface area (Å²) in [5, 5.41) is 0. The molecular weight excluding hydrogens is 208 g/mol. The van der Waals surface area contributed by atoms with Gasteiger partial charge in [-0.1, -0.05) is 45.1 Å². The Labute approximate surface area is 107 Å². The van der Waals surface area contributed by atoms with E-state index in [0.29, 0.717) is 6.04 Å². The zero-order valence-corrected chi connectivity index (χ0v) is 11.8. The van der Waals surface area contributed by atoms with Gasteiger partial charge in [-0.15, -0.1) is 0 Å². The Morgan fingerprint density at radius 3 is 2.18 bits per heavy atom. The Hall–Kier alpha value is -0.600. The first-order valence-corrected chi connectivity index (χ1v) is 6.77. The predicted octanol–water partition coefficient (Wildman–Crippen LogP) is 3.38. The summed E-state index contributed by atoms with van der Waals surface area (Å²) in [7, 11) is 0. The minimum Gasteiger partial charge on any atom is -0.330 e. The van der Waals surface area contributed by atoms with Crippen molar-refractivity contribution >= 4 is 0 Å². The van der Waals surface area contributed by atoms with Crippen molar-refractivity contribution in [2.75, 3.05) is 6.54 Å². The zero-order valence-electron chi connectivity index (χ0n) is 11.8. The average molecular weight is 238 g/mol. The quantitative estimate of drug-likeness (QED) is 0.478. The van der Waals surface area contributed by atoms with E-state index in [1.54, 1.807) is 0 Å². The van der Waals surface area contributed by atoms with Gasteiger partial charge in [0, 0.05) is 6.04 Å². The first-order chi connectivity index (χ1) is 8.02. The van der Waals surface area contributed by atoms with E-state index >= 15 is 0 Å². The van der Waals surface area contributed by atoms with E-state index in [1.807, 2.05) is 0 Å². The molecule has 0 amide bonds. The molecule has 0 heterocycles. The van der Waals surface area contributed by atoms with Crippen LogP contribution in [0.4, 0.5) is 0 Å². The lowest BCUT2D eigenvalue weighted by Crippen LogP contribution is -2.22. The molecule has 1 atom stereocenters. The highest BCUT2D eigenvalue weighted by Gasteiger charge is 2.12. The molecule has 0 aliphatic carbocycles. The molecule has 1 unspecified atom stereocenters. The van der Waals surface area contributed by atoms with E-state index in [0.717, 1.165) is 38.6 Å². The SMILES string of the molecule is CCC(N)CC=CCCC=CCC(C)(C)CN. The van der Waals surface area contributed by atoms with Crippen molar-refractivity contribution < 1.29 is 0 Å². The van der Waals surface area contributed by atoms with Crippen molar-refractivity contribution in [3.63, 3.8) is 0 Å². The summed E-state index contributed by atoms with van der Waals surface area (Å²) >= 11 is 0. The Morgan fingerprint density at radius 2 is 1.65 bits per heavy atom. The van der Waals surface area contributed by atoms with Crippen LogP contribution in [-0.2, 0) is 0 Å². The van der Waals surface area contributed by atoms with Gasteiger partial charge in [-0.3, -0.25) is 0 Å². The Bertz CT molecular complexity index is 229. The van der Waals surface area contributed by atoms with Gasteiger partial charge in [-0.25, -0.2) is 0 Å². The van der Waals surface area contributed by atoms with Gasteiger partial charge in [0.25, 0.3) is 0 Å². The summed E-state index contributed by atoms with van der Waals surface area (Å²) < 4.78 is 0. The van der Waals surface area contributed by atoms with Crippen LogP contribution in [0, 0.1) is 5.41 Å².